The van der Waals surface area contributed by atoms with Crippen LogP contribution in [0.15, 0.2) is 48.5 Å². The van der Waals surface area contributed by atoms with Gasteiger partial charge in [0, 0.05) is 55.8 Å². The number of carbonyl (C=O) groups excluding carboxylic acids is 14. The number of benzene rings is 2. The number of nitrogens with zero attached hydrogens (tertiary/aromatic N) is 2. The Balaban J connectivity index is 1.29. The Morgan fingerprint density at radius 1 is 0.685 bits per heavy atom. The molecule has 37 heteroatoms. The van der Waals surface area contributed by atoms with Crippen LogP contribution in [-0.4, -0.2) is 241 Å². The van der Waals surface area contributed by atoms with Crippen molar-refractivity contribution in [2.75, 3.05) is 70.5 Å². The van der Waals surface area contributed by atoms with Crippen molar-refractivity contribution >= 4 is 100 Å². The maximum atomic E-state index is 14.8. The molecular weight excluding hydrogens is 1450 g/mol. The number of esters is 1. The van der Waals surface area contributed by atoms with Crippen LogP contribution in [0.3, 0.4) is 0 Å². The molecule has 1 aromatic heterocycles. The Bertz CT molecular complexity index is 3780. The number of ether oxygens (including phenoxy) is 1. The molecule has 111 heavy (non-hydrogen) atoms. The molecule has 36 nitrogen and oxygen atoms in total. The lowest BCUT2D eigenvalue weighted by Crippen LogP contribution is -2.61. The molecular formula is C74H112FN19O17. The van der Waals surface area contributed by atoms with E-state index in [1.165, 1.54) is 26.0 Å². The van der Waals surface area contributed by atoms with Crippen molar-refractivity contribution in [3.05, 3.63) is 88.0 Å². The average molecular weight is 1560 g/mol. The van der Waals surface area contributed by atoms with Crippen molar-refractivity contribution in [3.63, 3.8) is 0 Å². The lowest BCUT2D eigenvalue weighted by molar-refractivity contribution is -0.147. The highest BCUT2D eigenvalue weighted by atomic mass is 19.1. The highest BCUT2D eigenvalue weighted by Gasteiger charge is 2.39. The summed E-state index contributed by atoms with van der Waals surface area (Å²) < 4.78 is 20.3. The number of halogens is 1. The number of hydrogen-bond donors (Lipinski definition) is 19. The van der Waals surface area contributed by atoms with Gasteiger partial charge in [0.25, 0.3) is 11.8 Å². The molecule has 1 unspecified atom stereocenters. The molecule has 0 spiro atoms. The summed E-state index contributed by atoms with van der Waals surface area (Å²) in [4.78, 5) is 202. The van der Waals surface area contributed by atoms with E-state index >= 15 is 0 Å². The van der Waals surface area contributed by atoms with Crippen molar-refractivity contribution in [2.24, 2.45) is 28.9 Å². The summed E-state index contributed by atoms with van der Waals surface area (Å²) in [5.41, 5.74) is 26.6. The van der Waals surface area contributed by atoms with Crippen LogP contribution in [0.2, 0.25) is 0 Å². The zero-order chi connectivity index (χ0) is 82.3. The molecule has 0 radical (unpaired) electrons. The first-order valence-corrected chi connectivity index (χ1v) is 37.4. The number of H-pyrrole nitrogens is 1. The normalized spacial score (nSPS) is 20.9. The van der Waals surface area contributed by atoms with Gasteiger partial charge in [-0.25, -0.2) is 9.18 Å². The number of amides is 13. The van der Waals surface area contributed by atoms with E-state index in [2.05, 4.69) is 73.7 Å². The molecule has 1 saturated heterocycles. The van der Waals surface area contributed by atoms with Crippen LogP contribution in [0.25, 0.3) is 11.6 Å². The second-order valence-electron chi connectivity index (χ2n) is 27.8. The quantitative estimate of drug-likeness (QED) is 0.0202. The Hall–Kier alpha value is -10.3. The van der Waals surface area contributed by atoms with Crippen molar-refractivity contribution in [3.8, 4) is 0 Å². The highest BCUT2D eigenvalue weighted by molar-refractivity contribution is 6.36. The molecule has 2 aliphatic heterocycles. The molecule has 0 aliphatic carbocycles. The average Bonchev–Trinajstić information content (AvgIpc) is 1.61. The minimum absolute atomic E-state index is 0.0181. The lowest BCUT2D eigenvalue weighted by Gasteiger charge is -2.28. The molecule has 23 N–H and O–H groups in total. The summed E-state index contributed by atoms with van der Waals surface area (Å²) in [7, 11) is 0. The van der Waals surface area contributed by atoms with Crippen LogP contribution < -0.4 is 91.6 Å². The van der Waals surface area contributed by atoms with Crippen LogP contribution >= 0.6 is 0 Å². The van der Waals surface area contributed by atoms with Crippen LogP contribution in [-0.2, 0) is 73.5 Å². The van der Waals surface area contributed by atoms with Crippen molar-refractivity contribution in [2.45, 2.75) is 199 Å². The minimum atomic E-state index is -1.75. The maximum Gasteiger partial charge on any atom is 0.330 e. The molecule has 1 fully saturated rings. The van der Waals surface area contributed by atoms with Crippen molar-refractivity contribution in [1.82, 2.24) is 73.7 Å². The molecule has 0 bridgehead atoms. The number of fused-ring (bicyclic) bond motifs is 1. The number of aryl methyl sites for hydroxylation is 1. The smallest absolute Gasteiger partial charge is 0.330 e. The number of rotatable bonds is 34. The first-order valence-electron chi connectivity index (χ1n) is 37.4. The molecule has 12 atom stereocenters. The summed E-state index contributed by atoms with van der Waals surface area (Å²) >= 11 is 0. The summed E-state index contributed by atoms with van der Waals surface area (Å²) in [6.07, 6.45) is -4.28. The Morgan fingerprint density at radius 2 is 1.24 bits per heavy atom. The number of aliphatic hydroxyl groups is 2. The number of carbonyl (C=O) groups is 14. The number of nitrogens with two attached hydrogens (primary N) is 4. The molecule has 612 valence electrons. The van der Waals surface area contributed by atoms with Gasteiger partial charge in [-0.05, 0) is 160 Å². The van der Waals surface area contributed by atoms with Gasteiger partial charge in [0.1, 0.15) is 66.2 Å². The zero-order valence-corrected chi connectivity index (χ0v) is 64.4. The Kier molecular flexibility index (Phi) is 37.1. The van der Waals surface area contributed by atoms with E-state index < -0.39 is 181 Å². The van der Waals surface area contributed by atoms with Gasteiger partial charge in [0.15, 0.2) is 6.73 Å². The standard InChI is InChI=1S/C74H112FN19O17/c1-10-93(11-2)33-32-81-70(106)60-40(5)54(82-41(60)6)37-48-47-36-46(75)20-21-57(47)94(73(48)109)38-111-74(110)42(7)83-58(97)18-15-19-59(98)91-62(44(9)96)72(108)88-51(24-29-78)64(100)87-53-26-31-80-71(107)61(43(8)95)92-67(103)52(25-30-79)85-63(99)49(22-27-76)86-68(104)55(34-39(3)4)89-69(105)56(35-45-16-13-12-14-17-45)90-65(101)50(23-28-77)84-66(53)102/h12-14,16-17,20-21,36-37,39,42-44,49-53,55-56,61-62,82,95-96H,10-11,15,18-19,22-35,38,76-79H2,1-9H3,(H,80,107)(H,81,106)(H,83,97)(H,84,102)(H,85,99)(H,86,104)(H,87,100)(H,88,108)(H,89,105)(H,90,101)(H,91,98)(H,92,103)/b48-37-/t42?,43-,44-,49+,50+,51+,52+,53+,55+,56-,61+,62+/m1/s1. The van der Waals surface area contributed by atoms with E-state index in [1.807, 2.05) is 13.8 Å². The van der Waals surface area contributed by atoms with E-state index in [0.29, 0.717) is 41.2 Å². The van der Waals surface area contributed by atoms with Crippen LogP contribution in [0.1, 0.15) is 145 Å². The molecule has 0 saturated carbocycles. The monoisotopic (exact) mass is 1560 g/mol. The molecule has 13 amide bonds. The molecule has 3 aromatic rings. The van der Waals surface area contributed by atoms with Gasteiger partial charge >= 0.3 is 5.97 Å². The number of aliphatic hydroxyl groups excluding tert-OH is 2. The third-order valence-electron chi connectivity index (χ3n) is 18.6. The number of aromatic nitrogens is 1. The fourth-order valence-corrected chi connectivity index (χ4v) is 12.4. The number of likely N-dealkylation sites (N-methyl/N-ethyl adjacent to an activating group) is 1. The van der Waals surface area contributed by atoms with Gasteiger partial charge in [0.2, 0.25) is 65.0 Å². The SMILES string of the molecule is CCN(CC)CCNC(=O)c1c(C)[nH]c(/C=C2\C(=O)N(COC(=O)C(C)NC(=O)CCCC(=O)N[C@H](C(=O)N[C@@H](CCN)C(=O)N[C@H]3CCNC(=O)[C@H]([C@@H](C)O)NC(=O)[C@H](CCN)NC(=O)[C@H](CCN)NC(=O)[C@H](CC(C)C)NC(=O)[C@@H](Cc4ccccc4)NC(=O)[C@H](CCN)NC3=O)[C@@H](C)O)c3ccc(F)cc32)c1C. The Morgan fingerprint density at radius 3 is 1.81 bits per heavy atom. The first-order chi connectivity index (χ1) is 52.7. The largest absolute Gasteiger partial charge is 0.442 e. The number of anilines is 1. The zero-order valence-electron chi connectivity index (χ0n) is 64.4. The molecule has 2 aliphatic rings. The predicted octanol–water partition coefficient (Wildman–Crippen LogP) is -3.77. The molecule has 2 aromatic carbocycles. The number of nitrogens with one attached hydrogen (secondary N) is 13. The van der Waals surface area contributed by atoms with Gasteiger partial charge in [-0.15, -0.1) is 0 Å². The van der Waals surface area contributed by atoms with Crippen molar-refractivity contribution < 1.29 is 86.5 Å². The van der Waals surface area contributed by atoms with Crippen LogP contribution in [0.4, 0.5) is 10.1 Å². The van der Waals surface area contributed by atoms with Gasteiger partial charge in [-0.1, -0.05) is 58.0 Å². The predicted molar refractivity (Wildman–Crippen MR) is 407 cm³/mol. The maximum absolute atomic E-state index is 14.8. The van der Waals surface area contributed by atoms with Crippen molar-refractivity contribution in [1.29, 1.82) is 0 Å². The Labute approximate surface area is 644 Å². The molecule has 5 rings (SSSR count). The second-order valence-corrected chi connectivity index (χ2v) is 27.8. The summed E-state index contributed by atoms with van der Waals surface area (Å²) in [6.45, 7) is 15.4. The number of hydrogen-bond acceptors (Lipinski definition) is 22. The number of aromatic amines is 1. The molecule has 3 heterocycles. The summed E-state index contributed by atoms with van der Waals surface area (Å²) in [5.74, 6) is -13.2. The van der Waals surface area contributed by atoms with Gasteiger partial charge in [0.05, 0.1) is 29.0 Å². The lowest BCUT2D eigenvalue weighted by atomic mass is 10.00. The highest BCUT2D eigenvalue weighted by Crippen LogP contribution is 2.39. The van der Waals surface area contributed by atoms with Gasteiger partial charge in [-0.2, -0.15) is 0 Å². The second kappa shape index (κ2) is 45.1. The van der Waals surface area contributed by atoms with Crippen LogP contribution in [0, 0.1) is 25.6 Å². The van der Waals surface area contributed by atoms with Gasteiger partial charge < -0.3 is 112 Å². The van der Waals surface area contributed by atoms with Crippen LogP contribution in [0.5, 0.6) is 0 Å². The summed E-state index contributed by atoms with van der Waals surface area (Å²) in [6, 6.07) is -3.20. The van der Waals surface area contributed by atoms with E-state index in [-0.39, 0.29) is 106 Å². The van der Waals surface area contributed by atoms with E-state index in [0.717, 1.165) is 37.0 Å². The first kappa shape index (κ1) is 91.3. The fraction of sp³-hybridized carbons (Fsp3) is 0.568. The topological polar surface area (TPSA) is 559 Å². The third kappa shape index (κ3) is 27.6. The van der Waals surface area contributed by atoms with E-state index in [9.17, 15) is 81.7 Å². The van der Waals surface area contributed by atoms with E-state index in [1.54, 1.807) is 58.0 Å². The third-order valence-corrected chi connectivity index (χ3v) is 18.6. The fourth-order valence-electron chi connectivity index (χ4n) is 12.4. The van der Waals surface area contributed by atoms with E-state index in [4.69, 9.17) is 27.7 Å². The summed E-state index contributed by atoms with van der Waals surface area (Å²) in [5, 5.41) is 52.3. The minimum Gasteiger partial charge on any atom is -0.442 e. The van der Waals surface area contributed by atoms with Gasteiger partial charge in [-0.3, -0.25) is 67.2 Å².